The van der Waals surface area contributed by atoms with Crippen molar-refractivity contribution in [1.82, 2.24) is 5.32 Å². The van der Waals surface area contributed by atoms with Gasteiger partial charge in [0, 0.05) is 16.6 Å². The van der Waals surface area contributed by atoms with E-state index in [1.807, 2.05) is 18.2 Å². The normalized spacial score (nSPS) is 16.3. The maximum Gasteiger partial charge on any atom is 0.135 e. The van der Waals surface area contributed by atoms with Crippen LogP contribution < -0.4 is 5.32 Å². The third-order valence-electron chi connectivity index (χ3n) is 4.03. The minimum Gasteiger partial charge on any atom is -0.460 e. The molecule has 0 unspecified atom stereocenters. The van der Waals surface area contributed by atoms with Gasteiger partial charge in [0.25, 0.3) is 0 Å². The topological polar surface area (TPSA) is 25.2 Å². The van der Waals surface area contributed by atoms with Gasteiger partial charge in [-0.15, -0.1) is 0 Å². The van der Waals surface area contributed by atoms with E-state index in [0.29, 0.717) is 16.1 Å². The number of furan rings is 1. The molecule has 0 aliphatic heterocycles. The Morgan fingerprint density at radius 3 is 2.67 bits per heavy atom. The van der Waals surface area contributed by atoms with Gasteiger partial charge in [-0.2, -0.15) is 0 Å². The van der Waals surface area contributed by atoms with E-state index < -0.39 is 0 Å². The Hall–Kier alpha value is -0.960. The van der Waals surface area contributed by atoms with Crippen LogP contribution in [0.4, 0.5) is 0 Å². The van der Waals surface area contributed by atoms with Crippen LogP contribution in [-0.2, 0) is 6.54 Å². The highest BCUT2D eigenvalue weighted by atomic mass is 35.5. The number of halogens is 2. The van der Waals surface area contributed by atoms with E-state index in [1.165, 1.54) is 32.1 Å². The molecule has 0 saturated heterocycles. The van der Waals surface area contributed by atoms with Gasteiger partial charge in [0.05, 0.1) is 11.6 Å². The van der Waals surface area contributed by atoms with Crippen LogP contribution in [0.25, 0.3) is 11.3 Å². The maximum absolute atomic E-state index is 6.20. The molecule has 1 aliphatic carbocycles. The first-order valence-electron chi connectivity index (χ1n) is 7.50. The molecule has 4 heteroatoms. The van der Waals surface area contributed by atoms with Crippen molar-refractivity contribution in [1.29, 1.82) is 0 Å². The van der Waals surface area contributed by atoms with Crippen LogP contribution in [-0.4, -0.2) is 6.04 Å². The second kappa shape index (κ2) is 6.87. The molecule has 1 fully saturated rings. The van der Waals surface area contributed by atoms with E-state index in [2.05, 4.69) is 5.32 Å². The average Bonchev–Trinajstić information content (AvgIpc) is 2.97. The summed E-state index contributed by atoms with van der Waals surface area (Å²) in [5.41, 5.74) is 0.841. The molecular formula is C17H19Cl2NO. The molecule has 112 valence electrons. The van der Waals surface area contributed by atoms with Crippen molar-refractivity contribution in [2.45, 2.75) is 44.7 Å². The van der Waals surface area contributed by atoms with Gasteiger partial charge >= 0.3 is 0 Å². The van der Waals surface area contributed by atoms with E-state index >= 15 is 0 Å². The van der Waals surface area contributed by atoms with Crippen molar-refractivity contribution in [2.75, 3.05) is 0 Å². The zero-order chi connectivity index (χ0) is 14.7. The van der Waals surface area contributed by atoms with Gasteiger partial charge in [0.15, 0.2) is 0 Å². The van der Waals surface area contributed by atoms with Crippen LogP contribution in [0.2, 0.25) is 10.0 Å². The van der Waals surface area contributed by atoms with Gasteiger partial charge in [-0.05, 0) is 43.2 Å². The summed E-state index contributed by atoms with van der Waals surface area (Å²) in [6.45, 7) is 0.767. The largest absolute Gasteiger partial charge is 0.460 e. The summed E-state index contributed by atoms with van der Waals surface area (Å²) in [7, 11) is 0. The fraction of sp³-hybridized carbons (Fsp3) is 0.412. The standard InChI is InChI=1S/C17H19Cl2NO/c18-12-6-8-16(19)15(10-12)17-9-7-14(21-17)11-20-13-4-2-1-3-5-13/h6-10,13,20H,1-5,11H2. The Bertz CT molecular complexity index is 603. The van der Waals surface area contributed by atoms with Crippen molar-refractivity contribution < 1.29 is 4.42 Å². The molecule has 0 atom stereocenters. The van der Waals surface area contributed by atoms with Crippen LogP contribution in [0, 0.1) is 0 Å². The fourth-order valence-corrected chi connectivity index (χ4v) is 3.24. The second-order valence-corrected chi connectivity index (χ2v) is 6.45. The molecule has 1 aliphatic rings. The Balaban J connectivity index is 1.66. The quantitative estimate of drug-likeness (QED) is 0.783. The molecule has 1 heterocycles. The average molecular weight is 324 g/mol. The van der Waals surface area contributed by atoms with E-state index in [1.54, 1.807) is 12.1 Å². The highest BCUT2D eigenvalue weighted by molar-refractivity contribution is 6.35. The zero-order valence-electron chi connectivity index (χ0n) is 11.9. The van der Waals surface area contributed by atoms with Crippen LogP contribution in [0.3, 0.4) is 0 Å². The second-order valence-electron chi connectivity index (χ2n) is 5.61. The predicted molar refractivity (Wildman–Crippen MR) is 87.9 cm³/mol. The Kier molecular flexibility index (Phi) is 4.89. The molecule has 1 aromatic heterocycles. The van der Waals surface area contributed by atoms with Crippen molar-refractivity contribution in [3.8, 4) is 11.3 Å². The summed E-state index contributed by atoms with van der Waals surface area (Å²) in [6, 6.07) is 9.99. The van der Waals surface area contributed by atoms with Crippen molar-refractivity contribution >= 4 is 23.2 Å². The van der Waals surface area contributed by atoms with Crippen LogP contribution in [0.1, 0.15) is 37.9 Å². The summed E-state index contributed by atoms with van der Waals surface area (Å²) in [5, 5.41) is 4.89. The van der Waals surface area contributed by atoms with Crippen LogP contribution in [0.5, 0.6) is 0 Å². The molecule has 0 bridgehead atoms. The Morgan fingerprint density at radius 2 is 1.86 bits per heavy atom. The van der Waals surface area contributed by atoms with Crippen molar-refractivity contribution in [2.24, 2.45) is 0 Å². The summed E-state index contributed by atoms with van der Waals surface area (Å²) < 4.78 is 5.89. The summed E-state index contributed by atoms with van der Waals surface area (Å²) in [5.74, 6) is 1.70. The molecule has 1 saturated carbocycles. The van der Waals surface area contributed by atoms with Gasteiger partial charge in [0.1, 0.15) is 11.5 Å². The van der Waals surface area contributed by atoms with E-state index in [9.17, 15) is 0 Å². The van der Waals surface area contributed by atoms with Gasteiger partial charge in [-0.1, -0.05) is 42.5 Å². The van der Waals surface area contributed by atoms with Crippen LogP contribution in [0.15, 0.2) is 34.7 Å². The molecule has 1 aromatic carbocycles. The van der Waals surface area contributed by atoms with Gasteiger partial charge in [0.2, 0.25) is 0 Å². The first-order chi connectivity index (χ1) is 10.2. The van der Waals surface area contributed by atoms with Gasteiger partial charge in [-0.3, -0.25) is 0 Å². The molecule has 2 nitrogen and oxygen atoms in total. The molecule has 0 radical (unpaired) electrons. The molecular weight excluding hydrogens is 305 g/mol. The lowest BCUT2D eigenvalue weighted by molar-refractivity contribution is 0.358. The monoisotopic (exact) mass is 323 g/mol. The molecule has 2 aromatic rings. The smallest absolute Gasteiger partial charge is 0.135 e. The SMILES string of the molecule is Clc1ccc(Cl)c(-c2ccc(CNC3CCCCC3)o2)c1. The summed E-state index contributed by atoms with van der Waals surface area (Å²) >= 11 is 12.2. The Morgan fingerprint density at radius 1 is 1.05 bits per heavy atom. The van der Waals surface area contributed by atoms with E-state index in [4.69, 9.17) is 27.6 Å². The highest BCUT2D eigenvalue weighted by Crippen LogP contribution is 2.31. The zero-order valence-corrected chi connectivity index (χ0v) is 13.4. The molecule has 0 amide bonds. The minimum absolute atomic E-state index is 0.627. The lowest BCUT2D eigenvalue weighted by Gasteiger charge is -2.22. The minimum atomic E-state index is 0.627. The van der Waals surface area contributed by atoms with Crippen molar-refractivity contribution in [3.63, 3.8) is 0 Å². The van der Waals surface area contributed by atoms with Gasteiger partial charge in [-0.25, -0.2) is 0 Å². The van der Waals surface area contributed by atoms with Crippen LogP contribution >= 0.6 is 23.2 Å². The highest BCUT2D eigenvalue weighted by Gasteiger charge is 2.14. The number of rotatable bonds is 4. The molecule has 21 heavy (non-hydrogen) atoms. The molecule has 0 spiro atoms. The number of nitrogens with one attached hydrogen (secondary N) is 1. The first-order valence-corrected chi connectivity index (χ1v) is 8.25. The Labute approximate surface area is 135 Å². The maximum atomic E-state index is 6.20. The van der Waals surface area contributed by atoms with Crippen molar-refractivity contribution in [3.05, 3.63) is 46.1 Å². The fourth-order valence-electron chi connectivity index (χ4n) is 2.86. The molecule has 3 rings (SSSR count). The number of hydrogen-bond donors (Lipinski definition) is 1. The lowest BCUT2D eigenvalue weighted by atomic mass is 9.95. The lowest BCUT2D eigenvalue weighted by Crippen LogP contribution is -2.30. The number of benzene rings is 1. The predicted octanol–water partition coefficient (Wildman–Crippen LogP) is 5.68. The number of hydrogen-bond acceptors (Lipinski definition) is 2. The summed E-state index contributed by atoms with van der Waals surface area (Å²) in [4.78, 5) is 0. The van der Waals surface area contributed by atoms with E-state index in [-0.39, 0.29) is 0 Å². The van der Waals surface area contributed by atoms with E-state index in [0.717, 1.165) is 23.6 Å². The third kappa shape index (κ3) is 3.82. The first kappa shape index (κ1) is 15.0. The summed E-state index contributed by atoms with van der Waals surface area (Å²) in [6.07, 6.45) is 6.58. The third-order valence-corrected chi connectivity index (χ3v) is 4.59. The van der Waals surface area contributed by atoms with Gasteiger partial charge < -0.3 is 9.73 Å². The molecule has 1 N–H and O–H groups in total.